The Hall–Kier alpha value is -2.09. The molecular formula is C15H19BrN4O2. The largest absolute Gasteiger partial charge is 0.485 e. The second kappa shape index (κ2) is 9.78. The fraction of sp³-hybridized carbons (Fsp3) is 0.133. The topological polar surface area (TPSA) is 93.6 Å². The van der Waals surface area contributed by atoms with E-state index in [-0.39, 0.29) is 0 Å². The van der Waals surface area contributed by atoms with Crippen LogP contribution in [-0.2, 0) is 11.4 Å². The number of amides is 1. The number of nitrogens with zero attached hydrogens (tertiary/aromatic N) is 1. The van der Waals surface area contributed by atoms with Crippen LogP contribution in [0.5, 0.6) is 5.75 Å². The third-order valence-corrected chi connectivity index (χ3v) is 3.24. The van der Waals surface area contributed by atoms with Gasteiger partial charge < -0.3 is 9.75 Å². The molecule has 0 spiro atoms. The van der Waals surface area contributed by atoms with E-state index in [1.165, 1.54) is 0 Å². The third kappa shape index (κ3) is 5.72. The summed E-state index contributed by atoms with van der Waals surface area (Å²) in [5.41, 5.74) is 3.72. The summed E-state index contributed by atoms with van der Waals surface area (Å²) >= 11 is 3.48. The summed E-state index contributed by atoms with van der Waals surface area (Å²) in [7, 11) is 1.79. The summed E-state index contributed by atoms with van der Waals surface area (Å²) in [4.78, 5) is 8.94. The average Bonchev–Trinajstić information content (AvgIpc) is 2.54. The average molecular weight is 367 g/mol. The number of carbonyl (C=O) groups is 1. The van der Waals surface area contributed by atoms with Crippen LogP contribution in [0.1, 0.15) is 5.56 Å². The molecule has 0 atom stereocenters. The third-order valence-electron chi connectivity index (χ3n) is 2.62. The van der Waals surface area contributed by atoms with Crippen molar-refractivity contribution in [3.8, 4) is 5.75 Å². The minimum absolute atomic E-state index is 0.403. The van der Waals surface area contributed by atoms with E-state index in [0.717, 1.165) is 21.5 Å². The molecule has 2 aromatic carbocycles. The van der Waals surface area contributed by atoms with Gasteiger partial charge in [-0.05, 0) is 33.6 Å². The lowest BCUT2D eigenvalue weighted by molar-refractivity contribution is -0.109. The van der Waals surface area contributed by atoms with E-state index in [4.69, 9.17) is 15.4 Å². The predicted molar refractivity (Wildman–Crippen MR) is 90.9 cm³/mol. The lowest BCUT2D eigenvalue weighted by Gasteiger charge is -2.18. The van der Waals surface area contributed by atoms with Crippen LogP contribution < -0.4 is 26.9 Å². The Morgan fingerprint density at radius 1 is 1.23 bits per heavy atom. The minimum Gasteiger partial charge on any atom is -0.485 e. The van der Waals surface area contributed by atoms with Crippen LogP contribution in [0.3, 0.4) is 0 Å². The van der Waals surface area contributed by atoms with Crippen LogP contribution in [0.15, 0.2) is 53.0 Å². The predicted octanol–water partition coefficient (Wildman–Crippen LogP) is 1.94. The highest BCUT2D eigenvalue weighted by molar-refractivity contribution is 9.10. The molecule has 0 saturated heterocycles. The van der Waals surface area contributed by atoms with E-state index in [1.807, 2.05) is 48.5 Å². The van der Waals surface area contributed by atoms with Crippen molar-refractivity contribution in [3.05, 3.63) is 58.6 Å². The molecular weight excluding hydrogens is 348 g/mol. The lowest BCUT2D eigenvalue weighted by atomic mass is 10.2. The van der Waals surface area contributed by atoms with Crippen LogP contribution in [0.2, 0.25) is 0 Å². The van der Waals surface area contributed by atoms with Gasteiger partial charge in [-0.15, -0.1) is 0 Å². The maximum Gasteiger partial charge on any atom is 0.221 e. The molecule has 0 saturated carbocycles. The fourth-order valence-corrected chi connectivity index (χ4v) is 2.12. The molecule has 0 fully saturated rings. The molecule has 22 heavy (non-hydrogen) atoms. The first-order chi connectivity index (χ1) is 10.6. The summed E-state index contributed by atoms with van der Waals surface area (Å²) in [6, 6.07) is 15.8. The number of halogens is 1. The van der Waals surface area contributed by atoms with Gasteiger partial charge in [-0.1, -0.05) is 36.4 Å². The SMILES string of the molecule is CN(N)c1cccc(Br)c1OCc1ccccc1.NNC=O. The molecule has 7 heteroatoms. The number of hydrogen-bond donors (Lipinski definition) is 3. The van der Waals surface area contributed by atoms with Crippen LogP contribution in [-0.4, -0.2) is 13.5 Å². The van der Waals surface area contributed by atoms with Crippen molar-refractivity contribution in [2.45, 2.75) is 6.61 Å². The minimum atomic E-state index is 0.403. The Balaban J connectivity index is 0.000000541. The number of anilines is 1. The van der Waals surface area contributed by atoms with Gasteiger partial charge in [0.25, 0.3) is 0 Å². The van der Waals surface area contributed by atoms with Gasteiger partial charge in [-0.25, -0.2) is 11.7 Å². The fourth-order valence-electron chi connectivity index (χ4n) is 1.65. The lowest BCUT2D eigenvalue weighted by Crippen LogP contribution is -2.25. The van der Waals surface area contributed by atoms with Gasteiger partial charge >= 0.3 is 0 Å². The number of nitrogens with one attached hydrogen (secondary N) is 1. The van der Waals surface area contributed by atoms with Gasteiger partial charge in [0.15, 0.2) is 5.75 Å². The first-order valence-corrected chi connectivity index (χ1v) is 7.23. The highest BCUT2D eigenvalue weighted by Gasteiger charge is 2.10. The summed E-state index contributed by atoms with van der Waals surface area (Å²) in [5, 5.41) is 1.55. The van der Waals surface area contributed by atoms with E-state index >= 15 is 0 Å². The Kier molecular flexibility index (Phi) is 7.98. The Bertz CT molecular complexity index is 579. The summed E-state index contributed by atoms with van der Waals surface area (Å²) in [5.74, 6) is 11.0. The summed E-state index contributed by atoms with van der Waals surface area (Å²) in [6.45, 7) is 0.518. The maximum atomic E-state index is 8.94. The number of hydrogen-bond acceptors (Lipinski definition) is 5. The van der Waals surface area contributed by atoms with Crippen LogP contribution in [0, 0.1) is 0 Å². The zero-order valence-corrected chi connectivity index (χ0v) is 13.8. The van der Waals surface area contributed by atoms with Crippen molar-refractivity contribution < 1.29 is 9.53 Å². The van der Waals surface area contributed by atoms with Crippen molar-refractivity contribution in [1.82, 2.24) is 5.43 Å². The molecule has 0 bridgehead atoms. The number of nitrogens with two attached hydrogens (primary N) is 2. The van der Waals surface area contributed by atoms with Gasteiger partial charge in [0.05, 0.1) is 10.2 Å². The second-order valence-corrected chi connectivity index (χ2v) is 5.11. The highest BCUT2D eigenvalue weighted by Crippen LogP contribution is 2.34. The van der Waals surface area contributed by atoms with E-state index in [0.29, 0.717) is 13.0 Å². The standard InChI is InChI=1S/C14H15BrN2O.CH4N2O/c1-17(16)13-9-5-8-12(15)14(13)18-10-11-6-3-2-4-7-11;2-3-1-4/h2-9H,10,16H2,1H3;1H,2H2,(H,3,4). The Morgan fingerprint density at radius 2 is 1.86 bits per heavy atom. The van der Waals surface area contributed by atoms with Crippen molar-refractivity contribution >= 4 is 28.0 Å². The number of rotatable bonds is 5. The zero-order chi connectivity index (χ0) is 16.4. The molecule has 0 heterocycles. The van der Waals surface area contributed by atoms with Crippen LogP contribution in [0.4, 0.5) is 5.69 Å². The van der Waals surface area contributed by atoms with Crippen molar-refractivity contribution in [2.24, 2.45) is 11.7 Å². The molecule has 0 radical (unpaired) electrons. The smallest absolute Gasteiger partial charge is 0.221 e. The van der Waals surface area contributed by atoms with Crippen LogP contribution >= 0.6 is 15.9 Å². The first-order valence-electron chi connectivity index (χ1n) is 6.43. The molecule has 5 N–H and O–H groups in total. The number of para-hydroxylation sites is 1. The normalized spacial score (nSPS) is 9.27. The Morgan fingerprint density at radius 3 is 2.41 bits per heavy atom. The van der Waals surface area contributed by atoms with Gasteiger partial charge in [-0.3, -0.25) is 10.2 Å². The number of ether oxygens (including phenoxy) is 1. The monoisotopic (exact) mass is 366 g/mol. The van der Waals surface area contributed by atoms with E-state index in [9.17, 15) is 0 Å². The van der Waals surface area contributed by atoms with Gasteiger partial charge in [0, 0.05) is 7.05 Å². The number of hydrazine groups is 2. The van der Waals surface area contributed by atoms with Crippen LogP contribution in [0.25, 0.3) is 0 Å². The quantitative estimate of drug-likeness (QED) is 0.325. The van der Waals surface area contributed by atoms with Gasteiger partial charge in [-0.2, -0.15) is 0 Å². The second-order valence-electron chi connectivity index (χ2n) is 4.26. The molecule has 0 unspecified atom stereocenters. The van der Waals surface area contributed by atoms with Crippen molar-refractivity contribution in [2.75, 3.05) is 12.1 Å². The van der Waals surface area contributed by atoms with Gasteiger partial charge in [0.2, 0.25) is 6.41 Å². The summed E-state index contributed by atoms with van der Waals surface area (Å²) < 4.78 is 6.74. The van der Waals surface area contributed by atoms with Crippen molar-refractivity contribution in [3.63, 3.8) is 0 Å². The molecule has 0 aromatic heterocycles. The number of benzene rings is 2. The molecule has 1 amide bonds. The van der Waals surface area contributed by atoms with E-state index in [1.54, 1.807) is 17.5 Å². The van der Waals surface area contributed by atoms with Gasteiger partial charge in [0.1, 0.15) is 6.61 Å². The zero-order valence-electron chi connectivity index (χ0n) is 12.2. The molecule has 2 rings (SSSR count). The molecule has 2 aromatic rings. The van der Waals surface area contributed by atoms with E-state index in [2.05, 4.69) is 21.8 Å². The number of carbonyl (C=O) groups excluding carboxylic acids is 1. The molecule has 0 aliphatic rings. The first kappa shape index (κ1) is 18.0. The molecule has 6 nitrogen and oxygen atoms in total. The highest BCUT2D eigenvalue weighted by atomic mass is 79.9. The molecule has 0 aliphatic heterocycles. The van der Waals surface area contributed by atoms with E-state index < -0.39 is 0 Å². The van der Waals surface area contributed by atoms with Crippen molar-refractivity contribution in [1.29, 1.82) is 0 Å². The molecule has 118 valence electrons. The maximum absolute atomic E-state index is 8.94. The molecule has 0 aliphatic carbocycles. The summed E-state index contributed by atoms with van der Waals surface area (Å²) in [6.07, 6.45) is 0.403. The Labute approximate surface area is 138 Å².